The zero-order valence-electron chi connectivity index (χ0n) is 20.1. The summed E-state index contributed by atoms with van der Waals surface area (Å²) in [6, 6.07) is 34.9. The molecule has 2 atom stereocenters. The molecule has 0 aliphatic heterocycles. The molecule has 0 nitrogen and oxygen atoms in total. The van der Waals surface area contributed by atoms with Gasteiger partial charge in [0.2, 0.25) is 0 Å². The minimum Gasteiger partial charge on any atom is -0.184 e. The molecular weight excluding hydrogens is 566 g/mol. The van der Waals surface area contributed by atoms with Gasteiger partial charge >= 0.3 is 30.6 Å². The molecule has 3 aromatic carbocycles. The van der Waals surface area contributed by atoms with Crippen LogP contribution in [0.15, 0.2) is 91.0 Å². The van der Waals surface area contributed by atoms with Crippen molar-refractivity contribution in [2.24, 2.45) is 0 Å². The van der Waals surface area contributed by atoms with Crippen molar-refractivity contribution in [3.63, 3.8) is 0 Å². The maximum absolute atomic E-state index is 2.89. The van der Waals surface area contributed by atoms with E-state index in [-0.39, 0.29) is 0 Å². The van der Waals surface area contributed by atoms with Gasteiger partial charge in [0, 0.05) is 19.8 Å². The number of benzene rings is 3. The summed E-state index contributed by atoms with van der Waals surface area (Å²) in [5.74, 6) is 1.39. The van der Waals surface area contributed by atoms with Gasteiger partial charge in [-0.25, -0.2) is 0 Å². The van der Waals surface area contributed by atoms with E-state index in [2.05, 4.69) is 139 Å². The Morgan fingerprint density at radius 3 is 1.22 bits per heavy atom. The van der Waals surface area contributed by atoms with E-state index < -0.39 is 7.92 Å². The van der Waals surface area contributed by atoms with Crippen molar-refractivity contribution in [3.8, 4) is 0 Å². The van der Waals surface area contributed by atoms with Crippen molar-refractivity contribution in [2.75, 3.05) is 0 Å². The van der Waals surface area contributed by atoms with Crippen LogP contribution >= 0.6 is 21.4 Å². The molecule has 0 amide bonds. The predicted molar refractivity (Wildman–Crippen MR) is 144 cm³/mol. The second-order valence-electron chi connectivity index (χ2n) is 10.4. The van der Waals surface area contributed by atoms with Gasteiger partial charge < -0.3 is 0 Å². The molecule has 1 saturated carbocycles. The van der Waals surface area contributed by atoms with Crippen LogP contribution in [0.25, 0.3) is 0 Å². The summed E-state index contributed by atoms with van der Waals surface area (Å²) in [6.07, 6.45) is 0. The van der Waals surface area contributed by atoms with Crippen molar-refractivity contribution in [3.05, 3.63) is 108 Å². The van der Waals surface area contributed by atoms with Crippen molar-refractivity contribution < 1.29 is 17.2 Å². The molecule has 0 N–H and O–H groups in total. The molecule has 0 aromatic heterocycles. The Morgan fingerprint density at radius 2 is 0.969 bits per heavy atom. The van der Waals surface area contributed by atoms with E-state index in [1.54, 1.807) is 0 Å². The molecule has 1 aliphatic rings. The van der Waals surface area contributed by atoms with Gasteiger partial charge in [0.15, 0.2) is 0 Å². The van der Waals surface area contributed by atoms with Gasteiger partial charge in [0.25, 0.3) is 0 Å². The fourth-order valence-corrected chi connectivity index (χ4v) is 11.0. The monoisotopic (exact) mass is 601 g/mol. The predicted octanol–water partition coefficient (Wildman–Crippen LogP) is 9.08. The molecule has 0 radical (unpaired) electrons. The number of hydrogen-bond donors (Lipinski definition) is 0. The quantitative estimate of drug-likeness (QED) is 0.159. The van der Waals surface area contributed by atoms with Gasteiger partial charge in [-0.05, 0) is 52.7 Å². The molecule has 3 heteroatoms. The third-order valence-corrected chi connectivity index (χ3v) is 10.6. The van der Waals surface area contributed by atoms with Crippen LogP contribution in [0.2, 0.25) is 0 Å². The third kappa shape index (κ3) is 7.64. The Balaban J connectivity index is 0.000000387. The molecule has 0 bridgehead atoms. The number of hydrogen-bond acceptors (Lipinski definition) is 0. The van der Waals surface area contributed by atoms with Crippen LogP contribution in [0, 0.1) is 6.07 Å². The fourth-order valence-electron chi connectivity index (χ4n) is 5.32. The Morgan fingerprint density at radius 1 is 0.625 bits per heavy atom. The van der Waals surface area contributed by atoms with Crippen molar-refractivity contribution in [1.29, 1.82) is 0 Å². The SMILES string of the molecule is CC(C)(C)[PH+](C1[C@H](c2ccccc2)[C@H]1c1ccccc1)C(C)(C)C.[Br][Pd+].[c-]1ccccc1. The van der Waals surface area contributed by atoms with Crippen molar-refractivity contribution in [2.45, 2.75) is 69.3 Å². The zero-order valence-corrected chi connectivity index (χ0v) is 24.2. The molecule has 1 fully saturated rings. The standard InChI is InChI=1S/C23H31P.C6H5.BrH.Pd/c1-22(2,3)24(23(4,5)6)21-19(17-13-9-7-10-14-17)20(21)18-15-11-8-12-16-18;1-2-4-6-5-3-1;;/h7-16,19-21H,1-6H3;1-5H;1H;/q;-1;;+2/t19-,20-;;;/m1.../s1. The maximum atomic E-state index is 2.89. The van der Waals surface area contributed by atoms with Gasteiger partial charge in [0.05, 0.1) is 16.0 Å². The molecule has 3 aromatic rings. The molecule has 32 heavy (non-hydrogen) atoms. The first-order chi connectivity index (χ1) is 15.2. The summed E-state index contributed by atoms with van der Waals surface area (Å²) >= 11 is 5.35. The second kappa shape index (κ2) is 12.6. The summed E-state index contributed by atoms with van der Waals surface area (Å²) in [6.45, 7) is 14.8. The molecular formula is C29H37BrPPd+. The minimum absolute atomic E-state index is 0.407. The molecule has 0 heterocycles. The Labute approximate surface area is 215 Å². The first-order valence-corrected chi connectivity index (χ1v) is 16.3. The average molecular weight is 603 g/mol. The van der Waals surface area contributed by atoms with Gasteiger partial charge in [-0.3, -0.25) is 0 Å². The Hall–Kier alpha value is -0.768. The van der Waals surface area contributed by atoms with E-state index in [9.17, 15) is 0 Å². The average Bonchev–Trinajstić information content (AvgIpc) is 3.50. The largest absolute Gasteiger partial charge is 0.184 e. The topological polar surface area (TPSA) is 0 Å². The first-order valence-electron chi connectivity index (χ1n) is 11.2. The smallest absolute Gasteiger partial charge is 0.171 e. The van der Waals surface area contributed by atoms with Crippen LogP contribution in [0.5, 0.6) is 0 Å². The van der Waals surface area contributed by atoms with E-state index in [0.717, 1.165) is 5.66 Å². The zero-order chi connectivity index (χ0) is 23.8. The van der Waals surface area contributed by atoms with Crippen LogP contribution in [0.1, 0.15) is 64.5 Å². The van der Waals surface area contributed by atoms with E-state index in [4.69, 9.17) is 0 Å². The van der Waals surface area contributed by atoms with E-state index in [1.807, 2.05) is 30.3 Å². The number of rotatable bonds is 3. The Kier molecular flexibility index (Phi) is 10.8. The van der Waals surface area contributed by atoms with Crippen molar-refractivity contribution in [1.82, 2.24) is 0 Å². The minimum atomic E-state index is -0.572. The van der Waals surface area contributed by atoms with Gasteiger partial charge in [0.1, 0.15) is 0 Å². The molecule has 0 spiro atoms. The van der Waals surface area contributed by atoms with Crippen LogP contribution < -0.4 is 0 Å². The molecule has 0 saturated heterocycles. The summed E-state index contributed by atoms with van der Waals surface area (Å²) in [5, 5.41) is 0.814. The van der Waals surface area contributed by atoms with Gasteiger partial charge in [-0.2, -0.15) is 36.4 Å². The Bertz CT molecular complexity index is 799. The van der Waals surface area contributed by atoms with Crippen LogP contribution in [-0.2, 0) is 17.2 Å². The maximum Gasteiger partial charge on any atom is -0.171 e. The van der Waals surface area contributed by atoms with Gasteiger partial charge in [-0.1, -0.05) is 60.7 Å². The first kappa shape index (κ1) is 27.5. The normalized spacial score (nSPS) is 19.9. The summed E-state index contributed by atoms with van der Waals surface area (Å²) < 4.78 is 0. The summed E-state index contributed by atoms with van der Waals surface area (Å²) in [4.78, 5) is 0. The van der Waals surface area contributed by atoms with Crippen LogP contribution in [-0.4, -0.2) is 16.0 Å². The second-order valence-corrected chi connectivity index (χ2v) is 14.9. The summed E-state index contributed by atoms with van der Waals surface area (Å²) in [5.41, 5.74) is 3.89. The van der Waals surface area contributed by atoms with E-state index in [1.165, 1.54) is 11.1 Å². The van der Waals surface area contributed by atoms with Crippen LogP contribution in [0.4, 0.5) is 0 Å². The molecule has 174 valence electrons. The van der Waals surface area contributed by atoms with E-state index in [0.29, 0.717) is 22.1 Å². The number of halogens is 1. The molecule has 4 rings (SSSR count). The third-order valence-electron chi connectivity index (χ3n) is 5.95. The van der Waals surface area contributed by atoms with Gasteiger partial charge in [-0.15, -0.1) is 0 Å². The van der Waals surface area contributed by atoms with E-state index >= 15 is 0 Å². The molecule has 0 unspecified atom stereocenters. The fraction of sp³-hybridized carbons (Fsp3) is 0.379. The van der Waals surface area contributed by atoms with Crippen molar-refractivity contribution >= 4 is 21.4 Å². The summed E-state index contributed by atoms with van der Waals surface area (Å²) in [7, 11) is -0.572. The van der Waals surface area contributed by atoms with Crippen LogP contribution in [0.3, 0.4) is 0 Å². The molecule has 1 aliphatic carbocycles.